The number of sulfone groups is 1. The number of aryl methyl sites for hydroxylation is 1. The number of nitrogens with zero attached hydrogens (tertiary/aromatic N) is 1. The lowest BCUT2D eigenvalue weighted by molar-refractivity contribution is 0.0686. The second-order valence-electron chi connectivity index (χ2n) is 7.67. The topological polar surface area (TPSA) is 54.5 Å². The summed E-state index contributed by atoms with van der Waals surface area (Å²) in [5.41, 5.74) is 2.14. The lowest BCUT2D eigenvalue weighted by atomic mass is 10.1. The van der Waals surface area contributed by atoms with E-state index in [1.165, 1.54) is 16.9 Å². The second-order valence-corrected chi connectivity index (χ2v) is 12.2. The van der Waals surface area contributed by atoms with E-state index >= 15 is 0 Å². The van der Waals surface area contributed by atoms with E-state index in [9.17, 15) is 13.2 Å². The summed E-state index contributed by atoms with van der Waals surface area (Å²) in [5, 5.41) is 1.71. The molecule has 2 heterocycles. The van der Waals surface area contributed by atoms with E-state index in [4.69, 9.17) is 34.8 Å². The van der Waals surface area contributed by atoms with Crippen molar-refractivity contribution in [2.75, 3.05) is 11.5 Å². The standard InChI is InChI=1S/C22H20Cl3NO3S2/c1-2-13-3-5-14(6-4-13)11-26(16-7-8-31(28,29)12-16)22(27)21-20(25)19-17(24)9-15(23)10-18(19)30-21/h3-6,9-10,16H,2,7-8,11-12H2,1H3. The number of thiophene rings is 1. The molecule has 1 aromatic heterocycles. The van der Waals surface area contributed by atoms with Gasteiger partial charge in [0.1, 0.15) is 4.88 Å². The van der Waals surface area contributed by atoms with E-state index < -0.39 is 15.9 Å². The monoisotopic (exact) mass is 515 g/mol. The van der Waals surface area contributed by atoms with Crippen LogP contribution in [0.15, 0.2) is 36.4 Å². The number of fused-ring (bicyclic) bond motifs is 1. The number of hydrogen-bond donors (Lipinski definition) is 0. The van der Waals surface area contributed by atoms with Gasteiger partial charge in [0, 0.05) is 27.7 Å². The Kier molecular flexibility index (Phi) is 6.57. The molecule has 1 aliphatic rings. The maximum atomic E-state index is 13.6. The summed E-state index contributed by atoms with van der Waals surface area (Å²) in [6.07, 6.45) is 1.33. The molecule has 31 heavy (non-hydrogen) atoms. The van der Waals surface area contributed by atoms with Gasteiger partial charge < -0.3 is 4.90 Å². The fourth-order valence-electron chi connectivity index (χ4n) is 3.84. The van der Waals surface area contributed by atoms with Crippen LogP contribution in [0.3, 0.4) is 0 Å². The first-order valence-corrected chi connectivity index (χ1v) is 13.6. The van der Waals surface area contributed by atoms with Crippen molar-refractivity contribution in [3.8, 4) is 0 Å². The summed E-state index contributed by atoms with van der Waals surface area (Å²) in [5.74, 6) is -0.251. The van der Waals surface area contributed by atoms with Gasteiger partial charge >= 0.3 is 0 Å². The Morgan fingerprint density at radius 1 is 1.13 bits per heavy atom. The summed E-state index contributed by atoms with van der Waals surface area (Å²) in [6.45, 7) is 2.39. The van der Waals surface area contributed by atoms with Gasteiger partial charge in [-0.2, -0.15) is 0 Å². The largest absolute Gasteiger partial charge is 0.330 e. The molecule has 1 amide bonds. The highest BCUT2D eigenvalue weighted by Gasteiger charge is 2.36. The van der Waals surface area contributed by atoms with Crippen LogP contribution >= 0.6 is 46.1 Å². The molecule has 3 aromatic rings. The molecule has 0 radical (unpaired) electrons. The molecule has 2 aromatic carbocycles. The lowest BCUT2D eigenvalue weighted by Gasteiger charge is -2.28. The fraction of sp³-hybridized carbons (Fsp3) is 0.318. The first kappa shape index (κ1) is 22.9. The molecule has 0 bridgehead atoms. The third-order valence-electron chi connectivity index (χ3n) is 5.54. The number of carbonyl (C=O) groups is 1. The third kappa shape index (κ3) is 4.74. The SMILES string of the molecule is CCc1ccc(CN(C(=O)c2sc3cc(Cl)cc(Cl)c3c2Cl)C2CCS(=O)(=O)C2)cc1. The van der Waals surface area contributed by atoms with Gasteiger partial charge in [0.05, 0.1) is 21.6 Å². The number of halogens is 3. The minimum Gasteiger partial charge on any atom is -0.330 e. The zero-order valence-corrected chi connectivity index (χ0v) is 20.6. The van der Waals surface area contributed by atoms with Gasteiger partial charge in [0.25, 0.3) is 5.91 Å². The Hall–Kier alpha value is -1.31. The predicted molar refractivity (Wildman–Crippen MR) is 130 cm³/mol. The van der Waals surface area contributed by atoms with Crippen LogP contribution in [0, 0.1) is 0 Å². The normalized spacial score (nSPS) is 17.9. The Labute approximate surface area is 200 Å². The Morgan fingerprint density at radius 3 is 2.42 bits per heavy atom. The van der Waals surface area contributed by atoms with Crippen molar-refractivity contribution in [1.29, 1.82) is 0 Å². The van der Waals surface area contributed by atoms with Crippen molar-refractivity contribution in [1.82, 2.24) is 4.90 Å². The molecular formula is C22H20Cl3NO3S2. The molecular weight excluding hydrogens is 497 g/mol. The molecule has 4 rings (SSSR count). The van der Waals surface area contributed by atoms with Crippen LogP contribution in [0.5, 0.6) is 0 Å². The van der Waals surface area contributed by atoms with Gasteiger partial charge in [-0.05, 0) is 36.1 Å². The molecule has 1 fully saturated rings. The van der Waals surface area contributed by atoms with Crippen molar-refractivity contribution in [3.05, 3.63) is 67.5 Å². The molecule has 0 N–H and O–H groups in total. The zero-order chi connectivity index (χ0) is 22.3. The average Bonchev–Trinajstić information content (AvgIpc) is 3.25. The van der Waals surface area contributed by atoms with E-state index in [0.29, 0.717) is 33.3 Å². The highest BCUT2D eigenvalue weighted by atomic mass is 35.5. The number of hydrogen-bond acceptors (Lipinski definition) is 4. The highest BCUT2D eigenvalue weighted by Crippen LogP contribution is 2.42. The highest BCUT2D eigenvalue weighted by molar-refractivity contribution is 7.91. The quantitative estimate of drug-likeness (QED) is 0.402. The van der Waals surface area contributed by atoms with E-state index in [-0.39, 0.29) is 22.4 Å². The average molecular weight is 517 g/mol. The molecule has 1 unspecified atom stereocenters. The first-order chi connectivity index (χ1) is 14.7. The Balaban J connectivity index is 1.74. The van der Waals surface area contributed by atoms with Crippen LogP contribution in [-0.4, -0.2) is 36.8 Å². The smallest absolute Gasteiger partial charge is 0.266 e. The minimum absolute atomic E-state index is 0.0408. The molecule has 1 atom stereocenters. The van der Waals surface area contributed by atoms with Crippen LogP contribution in [0.2, 0.25) is 15.1 Å². The van der Waals surface area contributed by atoms with Crippen LogP contribution in [0.1, 0.15) is 34.1 Å². The van der Waals surface area contributed by atoms with Crippen molar-refractivity contribution >= 4 is 72.0 Å². The van der Waals surface area contributed by atoms with E-state index in [2.05, 4.69) is 6.92 Å². The summed E-state index contributed by atoms with van der Waals surface area (Å²) in [4.78, 5) is 15.6. The first-order valence-electron chi connectivity index (χ1n) is 9.84. The predicted octanol–water partition coefficient (Wildman–Crippen LogP) is 6.25. The molecule has 0 saturated carbocycles. The summed E-state index contributed by atoms with van der Waals surface area (Å²) < 4.78 is 25.0. The van der Waals surface area contributed by atoms with Crippen LogP contribution in [-0.2, 0) is 22.8 Å². The van der Waals surface area contributed by atoms with Crippen molar-refractivity contribution < 1.29 is 13.2 Å². The summed E-state index contributed by atoms with van der Waals surface area (Å²) in [7, 11) is -3.17. The zero-order valence-electron chi connectivity index (χ0n) is 16.7. The van der Waals surface area contributed by atoms with Crippen LogP contribution in [0.25, 0.3) is 10.1 Å². The Morgan fingerprint density at radius 2 is 1.81 bits per heavy atom. The fourth-order valence-corrected chi connectivity index (χ4v) is 7.90. The van der Waals surface area contributed by atoms with E-state index in [1.54, 1.807) is 17.0 Å². The maximum absolute atomic E-state index is 13.6. The van der Waals surface area contributed by atoms with Gasteiger partial charge in [0.2, 0.25) is 0 Å². The maximum Gasteiger partial charge on any atom is 0.266 e. The number of amides is 1. The number of rotatable bonds is 5. The van der Waals surface area contributed by atoms with Gasteiger partial charge in [-0.1, -0.05) is 66.0 Å². The molecule has 0 aliphatic carbocycles. The molecule has 164 valence electrons. The molecule has 9 heteroatoms. The summed E-state index contributed by atoms with van der Waals surface area (Å²) >= 11 is 20.2. The van der Waals surface area contributed by atoms with Crippen molar-refractivity contribution in [2.24, 2.45) is 0 Å². The van der Waals surface area contributed by atoms with Crippen molar-refractivity contribution in [3.63, 3.8) is 0 Å². The van der Waals surface area contributed by atoms with Crippen molar-refractivity contribution in [2.45, 2.75) is 32.4 Å². The third-order valence-corrected chi connectivity index (χ3v) is 9.42. The Bertz CT molecular complexity index is 1250. The molecule has 1 aliphatic heterocycles. The summed E-state index contributed by atoms with van der Waals surface area (Å²) in [6, 6.07) is 10.9. The van der Waals surface area contributed by atoms with Gasteiger partial charge in [0.15, 0.2) is 9.84 Å². The van der Waals surface area contributed by atoms with Gasteiger partial charge in [-0.25, -0.2) is 8.42 Å². The number of carbonyl (C=O) groups excluding carboxylic acids is 1. The van der Waals surface area contributed by atoms with Gasteiger partial charge in [-0.3, -0.25) is 4.79 Å². The van der Waals surface area contributed by atoms with Gasteiger partial charge in [-0.15, -0.1) is 11.3 Å². The van der Waals surface area contributed by atoms with Crippen LogP contribution in [0.4, 0.5) is 0 Å². The number of benzene rings is 2. The molecule has 1 saturated heterocycles. The lowest BCUT2D eigenvalue weighted by Crippen LogP contribution is -2.40. The second kappa shape index (κ2) is 8.91. The van der Waals surface area contributed by atoms with E-state index in [0.717, 1.165) is 16.7 Å². The van der Waals surface area contributed by atoms with Crippen LogP contribution < -0.4 is 0 Å². The molecule has 4 nitrogen and oxygen atoms in total. The van der Waals surface area contributed by atoms with E-state index in [1.807, 2.05) is 24.3 Å². The minimum atomic E-state index is -3.17. The molecule has 0 spiro atoms.